The maximum atomic E-state index is 13.3. The van der Waals surface area contributed by atoms with Crippen LogP contribution in [-0.4, -0.2) is 15.9 Å². The highest BCUT2D eigenvalue weighted by Crippen LogP contribution is 2.48. The minimum absolute atomic E-state index is 0.0847. The first-order valence-corrected chi connectivity index (χ1v) is 6.98. The molecular formula is C14H13ClFN5O. The van der Waals surface area contributed by atoms with E-state index in [1.165, 1.54) is 18.5 Å². The predicted molar refractivity (Wildman–Crippen MR) is 79.6 cm³/mol. The Balaban J connectivity index is 1.80. The number of nitrogens with two attached hydrogens (primary N) is 1. The summed E-state index contributed by atoms with van der Waals surface area (Å²) >= 11 is 5.83. The number of hydrazine groups is 1. The summed E-state index contributed by atoms with van der Waals surface area (Å²) in [6.07, 6.45) is 4.49. The van der Waals surface area contributed by atoms with Gasteiger partial charge in [-0.1, -0.05) is 17.7 Å². The third-order valence-corrected chi connectivity index (χ3v) is 3.91. The van der Waals surface area contributed by atoms with Crippen LogP contribution >= 0.6 is 11.6 Å². The Bertz CT molecular complexity index is 718. The molecule has 0 saturated heterocycles. The number of anilines is 1. The molecule has 0 unspecified atom stereocenters. The molecule has 0 aliphatic heterocycles. The maximum Gasteiger partial charge on any atom is 0.268 e. The Morgan fingerprint density at radius 2 is 2.00 bits per heavy atom. The molecule has 2 aromatic rings. The van der Waals surface area contributed by atoms with Crippen molar-refractivity contribution < 1.29 is 9.18 Å². The summed E-state index contributed by atoms with van der Waals surface area (Å²) in [7, 11) is 0. The maximum absolute atomic E-state index is 13.3. The van der Waals surface area contributed by atoms with Gasteiger partial charge in [-0.15, -0.1) is 0 Å². The van der Waals surface area contributed by atoms with Gasteiger partial charge < -0.3 is 5.32 Å². The lowest BCUT2D eigenvalue weighted by Crippen LogP contribution is -2.30. The van der Waals surface area contributed by atoms with Crippen molar-refractivity contribution in [3.8, 4) is 0 Å². The number of carbonyl (C=O) groups is 1. The molecule has 6 nitrogen and oxygen atoms in total. The van der Waals surface area contributed by atoms with E-state index in [1.807, 2.05) is 5.43 Å². The fourth-order valence-electron chi connectivity index (χ4n) is 2.21. The molecule has 114 valence electrons. The quantitative estimate of drug-likeness (QED) is 0.455. The number of nitrogen functional groups attached to an aromatic ring is 1. The van der Waals surface area contributed by atoms with Crippen molar-refractivity contribution in [2.45, 2.75) is 18.4 Å². The van der Waals surface area contributed by atoms with Gasteiger partial charge in [0.05, 0.1) is 16.1 Å². The molecule has 0 bridgehead atoms. The van der Waals surface area contributed by atoms with Crippen LogP contribution in [0.15, 0.2) is 30.6 Å². The van der Waals surface area contributed by atoms with Crippen molar-refractivity contribution in [2.75, 3.05) is 5.32 Å². The van der Waals surface area contributed by atoms with Gasteiger partial charge in [-0.05, 0) is 30.5 Å². The van der Waals surface area contributed by atoms with E-state index in [9.17, 15) is 9.18 Å². The number of nitrogens with one attached hydrogen (secondary N) is 2. The minimum Gasteiger partial charge on any atom is -0.345 e. The molecule has 1 fully saturated rings. The van der Waals surface area contributed by atoms with Crippen molar-refractivity contribution in [1.82, 2.24) is 15.4 Å². The van der Waals surface area contributed by atoms with Gasteiger partial charge >= 0.3 is 0 Å². The third kappa shape index (κ3) is 2.72. The van der Waals surface area contributed by atoms with Crippen molar-refractivity contribution in [1.29, 1.82) is 0 Å². The van der Waals surface area contributed by atoms with Crippen LogP contribution in [0, 0.1) is 5.82 Å². The number of rotatable bonds is 4. The zero-order valence-electron chi connectivity index (χ0n) is 11.4. The molecule has 8 heteroatoms. The number of halogens is 2. The van der Waals surface area contributed by atoms with Gasteiger partial charge in [0, 0.05) is 12.4 Å². The highest BCUT2D eigenvalue weighted by molar-refractivity contribution is 6.30. The fraction of sp³-hybridized carbons (Fsp3) is 0.214. The van der Waals surface area contributed by atoms with E-state index in [-0.39, 0.29) is 16.1 Å². The number of hydrogen-bond acceptors (Lipinski definition) is 5. The lowest BCUT2D eigenvalue weighted by Gasteiger charge is -2.18. The van der Waals surface area contributed by atoms with Crippen LogP contribution in [0.25, 0.3) is 0 Å². The molecule has 0 spiro atoms. The Kier molecular flexibility index (Phi) is 3.67. The van der Waals surface area contributed by atoms with E-state index in [4.69, 9.17) is 17.4 Å². The Labute approximate surface area is 130 Å². The van der Waals surface area contributed by atoms with Crippen molar-refractivity contribution in [2.24, 2.45) is 5.84 Å². The van der Waals surface area contributed by atoms with Gasteiger partial charge in [0.1, 0.15) is 5.82 Å². The summed E-state index contributed by atoms with van der Waals surface area (Å²) < 4.78 is 13.3. The number of hydrogen-bond donors (Lipinski definition) is 3. The van der Waals surface area contributed by atoms with Gasteiger partial charge in [-0.3, -0.25) is 10.2 Å². The van der Waals surface area contributed by atoms with Gasteiger partial charge in [-0.25, -0.2) is 20.2 Å². The lowest BCUT2D eigenvalue weighted by molar-refractivity contribution is 0.0953. The Hall–Kier alpha value is -2.25. The highest BCUT2D eigenvalue weighted by Gasteiger charge is 2.45. The van der Waals surface area contributed by atoms with Crippen LogP contribution in [0.5, 0.6) is 0 Å². The molecule has 1 amide bonds. The molecule has 1 aliphatic rings. The summed E-state index contributed by atoms with van der Waals surface area (Å²) in [5.74, 6) is 4.51. The molecule has 1 aliphatic carbocycles. The summed E-state index contributed by atoms with van der Waals surface area (Å²) in [6.45, 7) is 0. The smallest absolute Gasteiger partial charge is 0.268 e. The largest absolute Gasteiger partial charge is 0.345 e. The van der Waals surface area contributed by atoms with Crippen LogP contribution in [0.3, 0.4) is 0 Å². The molecule has 1 heterocycles. The summed E-state index contributed by atoms with van der Waals surface area (Å²) in [5.41, 5.74) is 2.82. The minimum atomic E-state index is -0.460. The average Bonchev–Trinajstić information content (AvgIpc) is 3.30. The zero-order chi connectivity index (χ0) is 15.7. The second-order valence-electron chi connectivity index (χ2n) is 5.10. The van der Waals surface area contributed by atoms with E-state index in [1.54, 1.807) is 12.1 Å². The second kappa shape index (κ2) is 5.51. The Morgan fingerprint density at radius 1 is 1.32 bits per heavy atom. The van der Waals surface area contributed by atoms with Crippen molar-refractivity contribution in [3.05, 3.63) is 52.6 Å². The van der Waals surface area contributed by atoms with Gasteiger partial charge in [0.2, 0.25) is 5.95 Å². The van der Waals surface area contributed by atoms with Crippen LogP contribution in [0.4, 0.5) is 10.3 Å². The lowest BCUT2D eigenvalue weighted by atomic mass is 10.1. The Morgan fingerprint density at radius 3 is 2.55 bits per heavy atom. The summed E-state index contributed by atoms with van der Waals surface area (Å²) in [4.78, 5) is 19.5. The third-order valence-electron chi connectivity index (χ3n) is 3.62. The normalized spacial score (nSPS) is 15.2. The standard InChI is InChI=1S/C14H13ClFN5O/c15-10-5-9(1-2-11(10)16)14(3-4-14)20-13-18-6-8(7-19-13)12(22)21-17/h1-2,5-7H,3-4,17H2,(H,21,22)(H,18,19,20). The molecule has 4 N–H and O–H groups in total. The molecule has 0 atom stereocenters. The molecule has 22 heavy (non-hydrogen) atoms. The number of carbonyl (C=O) groups excluding carboxylic acids is 1. The molecular weight excluding hydrogens is 309 g/mol. The van der Waals surface area contributed by atoms with Crippen molar-refractivity contribution >= 4 is 23.5 Å². The highest BCUT2D eigenvalue weighted by atomic mass is 35.5. The topological polar surface area (TPSA) is 92.9 Å². The monoisotopic (exact) mass is 321 g/mol. The number of benzene rings is 1. The van der Waals surface area contributed by atoms with E-state index in [0.29, 0.717) is 5.95 Å². The van der Waals surface area contributed by atoms with E-state index in [2.05, 4.69) is 15.3 Å². The number of nitrogens with zero attached hydrogens (tertiary/aromatic N) is 2. The summed E-state index contributed by atoms with van der Waals surface area (Å²) in [6, 6.07) is 4.64. The molecule has 1 aromatic carbocycles. The van der Waals surface area contributed by atoms with Crippen LogP contribution in [0.2, 0.25) is 5.02 Å². The first kappa shape index (κ1) is 14.7. The van der Waals surface area contributed by atoms with Crippen LogP contribution < -0.4 is 16.6 Å². The van der Waals surface area contributed by atoms with Gasteiger partial charge in [0.15, 0.2) is 0 Å². The summed E-state index contributed by atoms with van der Waals surface area (Å²) in [5, 5.41) is 3.29. The van der Waals surface area contributed by atoms with E-state index >= 15 is 0 Å². The average molecular weight is 322 g/mol. The van der Waals surface area contributed by atoms with Crippen LogP contribution in [-0.2, 0) is 5.54 Å². The number of amides is 1. The SMILES string of the molecule is NNC(=O)c1cnc(NC2(c3ccc(F)c(Cl)c3)CC2)nc1. The van der Waals surface area contributed by atoms with Crippen molar-refractivity contribution in [3.63, 3.8) is 0 Å². The van der Waals surface area contributed by atoms with E-state index < -0.39 is 11.7 Å². The number of aromatic nitrogens is 2. The fourth-order valence-corrected chi connectivity index (χ4v) is 2.39. The molecule has 0 radical (unpaired) electrons. The zero-order valence-corrected chi connectivity index (χ0v) is 12.2. The first-order valence-electron chi connectivity index (χ1n) is 6.61. The van der Waals surface area contributed by atoms with E-state index in [0.717, 1.165) is 18.4 Å². The molecule has 1 saturated carbocycles. The van der Waals surface area contributed by atoms with Gasteiger partial charge in [0.25, 0.3) is 5.91 Å². The van der Waals surface area contributed by atoms with Crippen LogP contribution in [0.1, 0.15) is 28.8 Å². The molecule has 3 rings (SSSR count). The first-order chi connectivity index (χ1) is 10.5. The molecule has 1 aromatic heterocycles. The predicted octanol–water partition coefficient (Wildman–Crippen LogP) is 1.97. The van der Waals surface area contributed by atoms with Gasteiger partial charge in [-0.2, -0.15) is 0 Å². The second-order valence-corrected chi connectivity index (χ2v) is 5.51.